The van der Waals surface area contributed by atoms with E-state index >= 15 is 0 Å². The molecule has 1 N–H and O–H groups in total. The lowest BCUT2D eigenvalue weighted by atomic mass is 10.1. The normalized spacial score (nSPS) is 12.3. The summed E-state index contributed by atoms with van der Waals surface area (Å²) in [6.45, 7) is 9.87. The Morgan fingerprint density at radius 2 is 1.41 bits per heavy atom. The number of nitrogens with one attached hydrogen (secondary N) is 1. The first-order valence-electron chi connectivity index (χ1n) is 10.5. The van der Waals surface area contributed by atoms with Crippen LogP contribution in [0.5, 0.6) is 0 Å². The van der Waals surface area contributed by atoms with Crippen molar-refractivity contribution in [2.75, 3.05) is 16.8 Å². The van der Waals surface area contributed by atoms with Crippen LogP contribution in [0.4, 0.5) is 17.1 Å². The fourth-order valence-corrected chi connectivity index (χ4v) is 3.65. The summed E-state index contributed by atoms with van der Waals surface area (Å²) >= 11 is 0. The van der Waals surface area contributed by atoms with Crippen LogP contribution in [0.25, 0.3) is 11.1 Å². The zero-order chi connectivity index (χ0) is 20.6. The molecule has 0 heterocycles. The highest BCUT2D eigenvalue weighted by Crippen LogP contribution is 2.31. The summed E-state index contributed by atoms with van der Waals surface area (Å²) in [7, 11) is 0. The van der Waals surface area contributed by atoms with Gasteiger partial charge < -0.3 is 10.2 Å². The van der Waals surface area contributed by atoms with Gasteiger partial charge >= 0.3 is 0 Å². The molecular weight excluding hydrogens is 352 g/mol. The molecule has 0 radical (unpaired) electrons. The summed E-state index contributed by atoms with van der Waals surface area (Å²) in [5.74, 6) is 0.501. The highest BCUT2D eigenvalue weighted by molar-refractivity contribution is 5.76. The standard InChI is InChI=1S/C27H32N2/c1-5-11-22(4)20-29(21(2)3)27-15-10-9-14-26(27)28-25-18-16-24(17-19-25)23-12-7-6-8-13-23/h5-19,21-22,28H,20H2,1-4H3/b11-5-. The summed E-state index contributed by atoms with van der Waals surface area (Å²) < 4.78 is 0. The minimum atomic E-state index is 0.422. The Morgan fingerprint density at radius 3 is 2.07 bits per heavy atom. The van der Waals surface area contributed by atoms with Gasteiger partial charge in [-0.05, 0) is 62.1 Å². The minimum Gasteiger partial charge on any atom is -0.367 e. The maximum absolute atomic E-state index is 3.63. The van der Waals surface area contributed by atoms with Crippen molar-refractivity contribution < 1.29 is 0 Å². The van der Waals surface area contributed by atoms with Crippen LogP contribution in [-0.2, 0) is 0 Å². The van der Waals surface area contributed by atoms with Gasteiger partial charge in [0.25, 0.3) is 0 Å². The summed E-state index contributed by atoms with van der Waals surface area (Å²) in [5, 5.41) is 3.63. The third kappa shape index (κ3) is 5.51. The van der Waals surface area contributed by atoms with Gasteiger partial charge in [-0.1, -0.05) is 73.7 Å². The van der Waals surface area contributed by atoms with E-state index in [1.807, 2.05) is 6.07 Å². The van der Waals surface area contributed by atoms with E-state index in [0.29, 0.717) is 12.0 Å². The smallest absolute Gasteiger partial charge is 0.0622 e. The zero-order valence-electron chi connectivity index (χ0n) is 18.0. The predicted octanol–water partition coefficient (Wildman–Crippen LogP) is 7.52. The van der Waals surface area contributed by atoms with Crippen molar-refractivity contribution in [3.05, 3.63) is 91.0 Å². The molecule has 1 atom stereocenters. The molecule has 2 heteroatoms. The molecule has 0 aliphatic heterocycles. The molecule has 3 rings (SSSR count). The van der Waals surface area contributed by atoms with Gasteiger partial charge in [-0.15, -0.1) is 0 Å². The first kappa shape index (κ1) is 20.7. The molecule has 0 aliphatic carbocycles. The van der Waals surface area contributed by atoms with Gasteiger partial charge in [-0.25, -0.2) is 0 Å². The molecule has 150 valence electrons. The molecule has 0 aromatic heterocycles. The second-order valence-electron chi connectivity index (χ2n) is 7.83. The van der Waals surface area contributed by atoms with Gasteiger partial charge in [-0.2, -0.15) is 0 Å². The second kappa shape index (κ2) is 9.97. The number of benzene rings is 3. The fraction of sp³-hybridized carbons (Fsp3) is 0.259. The molecule has 0 fully saturated rings. The van der Waals surface area contributed by atoms with E-state index < -0.39 is 0 Å². The highest BCUT2D eigenvalue weighted by atomic mass is 15.2. The Hall–Kier alpha value is -3.00. The minimum absolute atomic E-state index is 0.422. The highest BCUT2D eigenvalue weighted by Gasteiger charge is 2.16. The van der Waals surface area contributed by atoms with Gasteiger partial charge in [0.15, 0.2) is 0 Å². The van der Waals surface area contributed by atoms with Crippen molar-refractivity contribution in [2.24, 2.45) is 5.92 Å². The lowest BCUT2D eigenvalue weighted by Crippen LogP contribution is -2.34. The number of anilines is 3. The molecule has 0 bridgehead atoms. The predicted molar refractivity (Wildman–Crippen MR) is 128 cm³/mol. The third-order valence-corrected chi connectivity index (χ3v) is 5.11. The van der Waals surface area contributed by atoms with Crippen LogP contribution in [0, 0.1) is 5.92 Å². The lowest BCUT2D eigenvalue weighted by molar-refractivity contribution is 0.608. The summed E-state index contributed by atoms with van der Waals surface area (Å²) in [6.07, 6.45) is 4.41. The maximum atomic E-state index is 3.63. The first-order valence-corrected chi connectivity index (χ1v) is 10.5. The number of hydrogen-bond donors (Lipinski definition) is 1. The Balaban J connectivity index is 1.83. The van der Waals surface area contributed by atoms with Crippen molar-refractivity contribution >= 4 is 17.1 Å². The number of rotatable bonds is 8. The SMILES string of the molecule is C/C=C\C(C)CN(c1ccccc1Nc1ccc(-c2ccccc2)cc1)C(C)C. The molecule has 3 aromatic carbocycles. The van der Waals surface area contributed by atoms with E-state index in [1.165, 1.54) is 16.8 Å². The van der Waals surface area contributed by atoms with E-state index in [2.05, 4.69) is 123 Å². The molecule has 29 heavy (non-hydrogen) atoms. The molecular formula is C27H32N2. The van der Waals surface area contributed by atoms with E-state index in [-0.39, 0.29) is 0 Å². The lowest BCUT2D eigenvalue weighted by Gasteiger charge is -2.32. The Labute approximate surface area is 175 Å². The van der Waals surface area contributed by atoms with Gasteiger partial charge in [0.2, 0.25) is 0 Å². The summed E-state index contributed by atoms with van der Waals surface area (Å²) in [6, 6.07) is 28.2. The van der Waals surface area contributed by atoms with Crippen LogP contribution < -0.4 is 10.2 Å². The van der Waals surface area contributed by atoms with E-state index in [4.69, 9.17) is 0 Å². The Kier molecular flexibility index (Phi) is 7.13. The number of allylic oxidation sites excluding steroid dienone is 1. The van der Waals surface area contributed by atoms with Crippen molar-refractivity contribution in [2.45, 2.75) is 33.7 Å². The van der Waals surface area contributed by atoms with Gasteiger partial charge in [-0.3, -0.25) is 0 Å². The van der Waals surface area contributed by atoms with Gasteiger partial charge in [0.05, 0.1) is 11.4 Å². The molecule has 0 saturated carbocycles. The maximum Gasteiger partial charge on any atom is 0.0622 e. The molecule has 0 amide bonds. The third-order valence-electron chi connectivity index (χ3n) is 5.11. The summed E-state index contributed by atoms with van der Waals surface area (Å²) in [4.78, 5) is 2.48. The van der Waals surface area contributed by atoms with Crippen LogP contribution in [-0.4, -0.2) is 12.6 Å². The number of para-hydroxylation sites is 2. The van der Waals surface area contributed by atoms with Crippen LogP contribution in [0.3, 0.4) is 0 Å². The first-order chi connectivity index (χ1) is 14.1. The summed E-state index contributed by atoms with van der Waals surface area (Å²) in [5.41, 5.74) is 5.95. The topological polar surface area (TPSA) is 15.3 Å². The monoisotopic (exact) mass is 384 g/mol. The number of nitrogens with zero attached hydrogens (tertiary/aromatic N) is 1. The zero-order valence-corrected chi connectivity index (χ0v) is 18.0. The average molecular weight is 385 g/mol. The van der Waals surface area contributed by atoms with E-state index in [0.717, 1.165) is 17.9 Å². The van der Waals surface area contributed by atoms with Crippen LogP contribution in [0.1, 0.15) is 27.7 Å². The Morgan fingerprint density at radius 1 is 0.793 bits per heavy atom. The second-order valence-corrected chi connectivity index (χ2v) is 7.83. The van der Waals surface area contributed by atoms with Crippen LogP contribution in [0.2, 0.25) is 0 Å². The molecule has 0 aliphatic rings. The number of hydrogen-bond acceptors (Lipinski definition) is 2. The molecule has 2 nitrogen and oxygen atoms in total. The van der Waals surface area contributed by atoms with Crippen LogP contribution >= 0.6 is 0 Å². The van der Waals surface area contributed by atoms with E-state index in [1.54, 1.807) is 0 Å². The van der Waals surface area contributed by atoms with Crippen molar-refractivity contribution in [3.8, 4) is 11.1 Å². The van der Waals surface area contributed by atoms with Crippen molar-refractivity contribution in [1.82, 2.24) is 0 Å². The largest absolute Gasteiger partial charge is 0.367 e. The van der Waals surface area contributed by atoms with Gasteiger partial charge in [0, 0.05) is 18.3 Å². The van der Waals surface area contributed by atoms with Crippen molar-refractivity contribution in [1.29, 1.82) is 0 Å². The van der Waals surface area contributed by atoms with Gasteiger partial charge in [0.1, 0.15) is 0 Å². The fourth-order valence-electron chi connectivity index (χ4n) is 3.65. The average Bonchev–Trinajstić information content (AvgIpc) is 2.74. The quantitative estimate of drug-likeness (QED) is 0.404. The molecule has 1 unspecified atom stereocenters. The van der Waals surface area contributed by atoms with E-state index in [9.17, 15) is 0 Å². The van der Waals surface area contributed by atoms with Crippen molar-refractivity contribution in [3.63, 3.8) is 0 Å². The molecule has 0 spiro atoms. The van der Waals surface area contributed by atoms with Crippen LogP contribution in [0.15, 0.2) is 91.0 Å². The Bertz CT molecular complexity index is 911. The molecule has 3 aromatic rings. The molecule has 0 saturated heterocycles.